The molecule has 162 valence electrons. The highest BCUT2D eigenvalue weighted by Gasteiger charge is 2.27. The number of fused-ring (bicyclic) bond motifs is 1. The lowest BCUT2D eigenvalue weighted by Gasteiger charge is -2.30. The summed E-state index contributed by atoms with van der Waals surface area (Å²) in [4.78, 5) is 50.8. The Labute approximate surface area is 174 Å². The van der Waals surface area contributed by atoms with Crippen molar-refractivity contribution in [1.29, 1.82) is 0 Å². The molecule has 1 amide bonds. The van der Waals surface area contributed by atoms with E-state index in [0.29, 0.717) is 29.9 Å². The van der Waals surface area contributed by atoms with E-state index in [1.54, 1.807) is 26.1 Å². The molecule has 2 aromatic rings. The maximum Gasteiger partial charge on any atom is 0.316 e. The number of likely N-dealkylation sites (tertiary alicyclic amines) is 1. The molecule has 1 aromatic heterocycles. The minimum absolute atomic E-state index is 0.166. The number of rotatable bonds is 5. The first-order valence-electron chi connectivity index (χ1n) is 10.1. The normalized spacial score (nSPS) is 17.1. The Kier molecular flexibility index (Phi) is 6.40. The molecule has 2 heterocycles. The molecule has 1 atom stereocenters. The van der Waals surface area contributed by atoms with E-state index in [4.69, 9.17) is 4.74 Å². The van der Waals surface area contributed by atoms with Gasteiger partial charge in [0.15, 0.2) is 0 Å². The van der Waals surface area contributed by atoms with Gasteiger partial charge < -0.3 is 19.2 Å². The highest BCUT2D eigenvalue weighted by Crippen LogP contribution is 2.22. The number of aryl methyl sites for hydroxylation is 3. The van der Waals surface area contributed by atoms with Crippen LogP contribution in [0.5, 0.6) is 0 Å². The fourth-order valence-electron chi connectivity index (χ4n) is 3.90. The second-order valence-electron chi connectivity index (χ2n) is 7.76. The standard InChI is InChI=1S/C21H28N4O5/c1-5-30-21(29)14-7-6-8-25(11-14)12-18(26)22-15-10-17-16(9-13(15)2)23(3)19(27)20(28)24(17)4/h9-10,14H,5-8,11-12H2,1-4H3,(H,22,26). The number of piperidine rings is 1. The van der Waals surface area contributed by atoms with Crippen LogP contribution in [-0.2, 0) is 28.4 Å². The van der Waals surface area contributed by atoms with Gasteiger partial charge in [-0.25, -0.2) is 0 Å². The van der Waals surface area contributed by atoms with Crippen LogP contribution in [0.2, 0.25) is 0 Å². The molecule has 9 heteroatoms. The van der Waals surface area contributed by atoms with Crippen molar-refractivity contribution in [3.63, 3.8) is 0 Å². The number of benzene rings is 1. The molecular weight excluding hydrogens is 388 g/mol. The fourth-order valence-corrected chi connectivity index (χ4v) is 3.90. The molecular formula is C21H28N4O5. The second kappa shape index (κ2) is 8.83. The Morgan fingerprint density at radius 2 is 1.77 bits per heavy atom. The van der Waals surface area contributed by atoms with Gasteiger partial charge in [0.1, 0.15) is 0 Å². The van der Waals surface area contributed by atoms with Gasteiger partial charge in [-0.15, -0.1) is 0 Å². The molecule has 1 N–H and O–H groups in total. The Balaban J connectivity index is 1.77. The van der Waals surface area contributed by atoms with Crippen molar-refractivity contribution in [2.45, 2.75) is 26.7 Å². The van der Waals surface area contributed by atoms with Crippen LogP contribution in [0.3, 0.4) is 0 Å². The number of ether oxygens (including phenoxy) is 1. The summed E-state index contributed by atoms with van der Waals surface area (Å²) in [6, 6.07) is 3.49. The Hall–Kier alpha value is -2.94. The van der Waals surface area contributed by atoms with E-state index in [9.17, 15) is 19.2 Å². The number of nitrogens with one attached hydrogen (secondary N) is 1. The minimum Gasteiger partial charge on any atom is -0.466 e. The number of anilines is 1. The summed E-state index contributed by atoms with van der Waals surface area (Å²) in [7, 11) is 3.09. The average molecular weight is 416 g/mol. The summed E-state index contributed by atoms with van der Waals surface area (Å²) < 4.78 is 7.72. The average Bonchev–Trinajstić information content (AvgIpc) is 2.72. The highest BCUT2D eigenvalue weighted by molar-refractivity contribution is 5.95. The highest BCUT2D eigenvalue weighted by atomic mass is 16.5. The molecule has 1 aromatic carbocycles. The van der Waals surface area contributed by atoms with Crippen LogP contribution in [0.15, 0.2) is 21.7 Å². The number of esters is 1. The van der Waals surface area contributed by atoms with Crippen LogP contribution in [0.25, 0.3) is 11.0 Å². The summed E-state index contributed by atoms with van der Waals surface area (Å²) in [6.45, 7) is 5.38. The number of nitrogens with zero attached hydrogens (tertiary/aromatic N) is 3. The first-order valence-corrected chi connectivity index (χ1v) is 10.1. The lowest BCUT2D eigenvalue weighted by atomic mass is 9.98. The summed E-state index contributed by atoms with van der Waals surface area (Å²) in [5, 5.41) is 2.90. The molecule has 9 nitrogen and oxygen atoms in total. The Morgan fingerprint density at radius 1 is 1.13 bits per heavy atom. The first-order chi connectivity index (χ1) is 14.2. The van der Waals surface area contributed by atoms with Crippen LogP contribution < -0.4 is 16.4 Å². The number of carbonyl (C=O) groups excluding carboxylic acids is 2. The third kappa shape index (κ3) is 4.30. The van der Waals surface area contributed by atoms with E-state index in [2.05, 4.69) is 5.32 Å². The largest absolute Gasteiger partial charge is 0.466 e. The van der Waals surface area contributed by atoms with E-state index >= 15 is 0 Å². The predicted octanol–water partition coefficient (Wildman–Crippen LogP) is 0.759. The van der Waals surface area contributed by atoms with Gasteiger partial charge in [-0.2, -0.15) is 0 Å². The number of amides is 1. The number of aromatic nitrogens is 2. The van der Waals surface area contributed by atoms with Crippen LogP contribution in [0, 0.1) is 12.8 Å². The van der Waals surface area contributed by atoms with Crippen molar-refractivity contribution < 1.29 is 14.3 Å². The Morgan fingerprint density at radius 3 is 2.40 bits per heavy atom. The van der Waals surface area contributed by atoms with Crippen molar-refractivity contribution in [3.8, 4) is 0 Å². The SMILES string of the molecule is CCOC(=O)C1CCCN(CC(=O)Nc2cc3c(cc2C)n(C)c(=O)c(=O)n3C)C1. The van der Waals surface area contributed by atoms with E-state index in [0.717, 1.165) is 24.9 Å². The van der Waals surface area contributed by atoms with Gasteiger partial charge in [0.2, 0.25) is 5.91 Å². The van der Waals surface area contributed by atoms with Crippen molar-refractivity contribution in [3.05, 3.63) is 38.4 Å². The van der Waals surface area contributed by atoms with Gasteiger partial charge in [-0.1, -0.05) is 0 Å². The molecule has 1 fully saturated rings. The molecule has 30 heavy (non-hydrogen) atoms. The second-order valence-corrected chi connectivity index (χ2v) is 7.76. The molecule has 0 bridgehead atoms. The lowest BCUT2D eigenvalue weighted by Crippen LogP contribution is -2.43. The monoisotopic (exact) mass is 416 g/mol. The van der Waals surface area contributed by atoms with Crippen molar-refractivity contribution in [2.24, 2.45) is 20.0 Å². The van der Waals surface area contributed by atoms with Gasteiger partial charge in [-0.3, -0.25) is 24.1 Å². The Bertz CT molecular complexity index is 1100. The number of carbonyl (C=O) groups is 2. The molecule has 1 unspecified atom stereocenters. The summed E-state index contributed by atoms with van der Waals surface area (Å²) in [6.07, 6.45) is 1.61. The van der Waals surface area contributed by atoms with E-state index in [1.807, 2.05) is 11.8 Å². The molecule has 1 aliphatic heterocycles. The van der Waals surface area contributed by atoms with Gasteiger partial charge in [-0.05, 0) is 50.9 Å². The molecule has 3 rings (SSSR count). The quantitative estimate of drug-likeness (QED) is 0.570. The molecule has 0 saturated carbocycles. The molecule has 0 aliphatic carbocycles. The van der Waals surface area contributed by atoms with E-state index < -0.39 is 11.1 Å². The fraction of sp³-hybridized carbons (Fsp3) is 0.524. The zero-order valence-corrected chi connectivity index (χ0v) is 17.9. The van der Waals surface area contributed by atoms with Crippen molar-refractivity contribution >= 4 is 28.6 Å². The summed E-state index contributed by atoms with van der Waals surface area (Å²) >= 11 is 0. The molecule has 1 saturated heterocycles. The third-order valence-electron chi connectivity index (χ3n) is 5.60. The van der Waals surface area contributed by atoms with Crippen LogP contribution >= 0.6 is 0 Å². The van der Waals surface area contributed by atoms with Gasteiger partial charge in [0.05, 0.1) is 30.1 Å². The zero-order chi connectivity index (χ0) is 22.0. The summed E-state index contributed by atoms with van der Waals surface area (Å²) in [5.74, 6) is -0.610. The van der Waals surface area contributed by atoms with Crippen LogP contribution in [0.4, 0.5) is 5.69 Å². The predicted molar refractivity (Wildman–Crippen MR) is 114 cm³/mol. The van der Waals surface area contributed by atoms with Crippen molar-refractivity contribution in [1.82, 2.24) is 14.0 Å². The van der Waals surface area contributed by atoms with E-state index in [1.165, 1.54) is 16.2 Å². The topological polar surface area (TPSA) is 103 Å². The number of hydrogen-bond acceptors (Lipinski definition) is 6. The zero-order valence-electron chi connectivity index (χ0n) is 17.9. The van der Waals surface area contributed by atoms with Gasteiger partial charge in [0.25, 0.3) is 0 Å². The number of hydrogen-bond donors (Lipinski definition) is 1. The third-order valence-corrected chi connectivity index (χ3v) is 5.60. The van der Waals surface area contributed by atoms with Gasteiger partial charge in [0, 0.05) is 26.3 Å². The maximum atomic E-state index is 12.7. The molecule has 1 aliphatic rings. The van der Waals surface area contributed by atoms with Crippen LogP contribution in [-0.4, -0.2) is 52.2 Å². The van der Waals surface area contributed by atoms with E-state index in [-0.39, 0.29) is 24.3 Å². The lowest BCUT2D eigenvalue weighted by molar-refractivity contribution is -0.150. The minimum atomic E-state index is -0.621. The smallest absolute Gasteiger partial charge is 0.316 e. The first kappa shape index (κ1) is 21.8. The maximum absolute atomic E-state index is 12.7. The van der Waals surface area contributed by atoms with Gasteiger partial charge >= 0.3 is 17.1 Å². The van der Waals surface area contributed by atoms with Crippen LogP contribution in [0.1, 0.15) is 25.3 Å². The molecule has 0 radical (unpaired) electrons. The van der Waals surface area contributed by atoms with Crippen molar-refractivity contribution in [2.75, 3.05) is 31.6 Å². The summed E-state index contributed by atoms with van der Waals surface area (Å²) in [5.41, 5.74) is 1.33. The molecule has 0 spiro atoms.